The molecule has 6 heteroatoms. The monoisotopic (exact) mass is 754 g/mol. The van der Waals surface area contributed by atoms with E-state index in [2.05, 4.69) is 91.8 Å². The minimum atomic E-state index is 0. The van der Waals surface area contributed by atoms with Crippen LogP contribution in [-0.2, 0) is 26.5 Å². The van der Waals surface area contributed by atoms with Crippen molar-refractivity contribution < 1.29 is 26.2 Å². The van der Waals surface area contributed by atoms with Crippen LogP contribution in [0.5, 0.6) is 5.75 Å². The Morgan fingerprint density at radius 1 is 0.750 bits per heavy atom. The van der Waals surface area contributed by atoms with Gasteiger partial charge in [-0.1, -0.05) is 104 Å². The maximum absolute atomic E-state index is 10.8. The van der Waals surface area contributed by atoms with E-state index in [1.807, 2.05) is 55.0 Å². The Balaban J connectivity index is 0.00000343. The standard InChI is InChI=1S/C38H31N4O.Pt/c1-24-19-25-9-8-18-40-35(25)32(20-24)26-21-27(23-39-22-26)37-41-36-31(30-10-5-6-13-34(30)43)11-7-12-33(36)42(37)29-16-14-28(15-17-29)38(2,3)4;/h5-20,22-23,43H,1-4H3;/q-1;. The first-order valence-electron chi connectivity index (χ1n) is 14.4. The van der Waals surface area contributed by atoms with Gasteiger partial charge in [-0.25, -0.2) is 0 Å². The van der Waals surface area contributed by atoms with Gasteiger partial charge < -0.3 is 14.7 Å². The van der Waals surface area contributed by atoms with Crippen molar-refractivity contribution in [2.24, 2.45) is 0 Å². The van der Waals surface area contributed by atoms with Gasteiger partial charge in [0.1, 0.15) is 5.75 Å². The number of rotatable bonds is 4. The van der Waals surface area contributed by atoms with E-state index >= 15 is 0 Å². The zero-order valence-electron chi connectivity index (χ0n) is 24.9. The molecule has 0 fully saturated rings. The molecule has 3 aromatic heterocycles. The van der Waals surface area contributed by atoms with E-state index in [9.17, 15) is 5.11 Å². The molecule has 3 heterocycles. The number of para-hydroxylation sites is 2. The molecule has 4 aromatic carbocycles. The number of nitrogens with zero attached hydrogens (tertiary/aromatic N) is 4. The fourth-order valence-corrected chi connectivity index (χ4v) is 5.76. The summed E-state index contributed by atoms with van der Waals surface area (Å²) in [5, 5.41) is 11.8. The number of hydrogen-bond donors (Lipinski definition) is 1. The van der Waals surface area contributed by atoms with Crippen molar-refractivity contribution in [3.05, 3.63) is 127 Å². The molecule has 1 N–H and O–H groups in total. The third-order valence-electron chi connectivity index (χ3n) is 7.93. The van der Waals surface area contributed by atoms with Crippen LogP contribution in [0.25, 0.3) is 61.3 Å². The first kappa shape index (κ1) is 29.5. The number of pyridine rings is 2. The third-order valence-corrected chi connectivity index (χ3v) is 7.93. The second-order valence-electron chi connectivity index (χ2n) is 12.0. The summed E-state index contributed by atoms with van der Waals surface area (Å²) < 4.78 is 2.16. The van der Waals surface area contributed by atoms with Gasteiger partial charge in [-0.05, 0) is 66.0 Å². The topological polar surface area (TPSA) is 63.8 Å². The summed E-state index contributed by atoms with van der Waals surface area (Å²) in [6.45, 7) is 8.74. The number of phenols is 1. The molecule has 0 aliphatic heterocycles. The van der Waals surface area contributed by atoms with Gasteiger partial charge in [0.05, 0.1) is 16.9 Å². The predicted octanol–water partition coefficient (Wildman–Crippen LogP) is 9.08. The van der Waals surface area contributed by atoms with Crippen molar-refractivity contribution in [2.45, 2.75) is 33.1 Å². The Hall–Kier alpha value is -4.60. The number of fused-ring (bicyclic) bond motifs is 2. The maximum atomic E-state index is 10.8. The summed E-state index contributed by atoms with van der Waals surface area (Å²) in [6.07, 6.45) is 5.47. The molecule has 0 amide bonds. The van der Waals surface area contributed by atoms with E-state index in [-0.39, 0.29) is 32.2 Å². The van der Waals surface area contributed by atoms with Crippen LogP contribution < -0.4 is 0 Å². The molecule has 0 saturated heterocycles. The Bertz CT molecular complexity index is 2140. The van der Waals surface area contributed by atoms with Crippen molar-refractivity contribution >= 4 is 21.9 Å². The Kier molecular flexibility index (Phi) is 7.69. The maximum Gasteiger partial charge on any atom is 0.123 e. The molecule has 44 heavy (non-hydrogen) atoms. The van der Waals surface area contributed by atoms with Gasteiger partial charge in [0.25, 0.3) is 0 Å². The fourth-order valence-electron chi connectivity index (χ4n) is 5.76. The molecule has 220 valence electrons. The Labute approximate surface area is 271 Å². The third kappa shape index (κ3) is 5.22. The van der Waals surface area contributed by atoms with Crippen LogP contribution in [0.4, 0.5) is 0 Å². The van der Waals surface area contributed by atoms with Crippen LogP contribution in [0.1, 0.15) is 31.9 Å². The van der Waals surface area contributed by atoms with E-state index in [1.54, 1.807) is 6.07 Å². The second-order valence-corrected chi connectivity index (χ2v) is 12.0. The molecule has 0 bridgehead atoms. The zero-order chi connectivity index (χ0) is 29.7. The molecule has 7 aromatic rings. The van der Waals surface area contributed by atoms with Gasteiger partial charge in [-0.2, -0.15) is 0 Å². The van der Waals surface area contributed by atoms with Gasteiger partial charge in [-0.15, -0.1) is 6.07 Å². The van der Waals surface area contributed by atoms with Crippen molar-refractivity contribution in [2.75, 3.05) is 0 Å². The molecule has 0 aliphatic carbocycles. The van der Waals surface area contributed by atoms with Gasteiger partial charge >= 0.3 is 0 Å². The number of aromatic nitrogens is 4. The molecule has 0 aliphatic rings. The van der Waals surface area contributed by atoms with E-state index in [0.29, 0.717) is 0 Å². The van der Waals surface area contributed by atoms with Crippen molar-refractivity contribution in [3.8, 4) is 45.1 Å². The molecular formula is C38H31N4OPt-. The van der Waals surface area contributed by atoms with Crippen LogP contribution >= 0.6 is 0 Å². The van der Waals surface area contributed by atoms with Gasteiger partial charge in [0.2, 0.25) is 0 Å². The van der Waals surface area contributed by atoms with Crippen LogP contribution in [0.3, 0.4) is 0 Å². The average Bonchev–Trinajstić information content (AvgIpc) is 3.41. The van der Waals surface area contributed by atoms with Crippen LogP contribution in [0, 0.1) is 13.0 Å². The zero-order valence-corrected chi connectivity index (χ0v) is 27.2. The normalized spacial score (nSPS) is 11.5. The second kappa shape index (κ2) is 11.5. The summed E-state index contributed by atoms with van der Waals surface area (Å²) in [5.74, 6) is 0.940. The molecule has 0 spiro atoms. The predicted molar refractivity (Wildman–Crippen MR) is 174 cm³/mol. The molecule has 0 atom stereocenters. The largest absolute Gasteiger partial charge is 0.507 e. The minimum Gasteiger partial charge on any atom is -0.507 e. The summed E-state index contributed by atoms with van der Waals surface area (Å²) in [5.41, 5.74) is 10.3. The summed E-state index contributed by atoms with van der Waals surface area (Å²) in [4.78, 5) is 14.6. The average molecular weight is 755 g/mol. The van der Waals surface area contributed by atoms with E-state index in [1.165, 1.54) is 5.56 Å². The first-order valence-corrected chi connectivity index (χ1v) is 14.4. The first-order chi connectivity index (χ1) is 20.8. The summed E-state index contributed by atoms with van der Waals surface area (Å²) >= 11 is 0. The number of aromatic hydroxyl groups is 1. The molecular weight excluding hydrogens is 724 g/mol. The number of benzene rings is 4. The van der Waals surface area contributed by atoms with E-state index in [4.69, 9.17) is 9.97 Å². The molecule has 0 radical (unpaired) electrons. The summed E-state index contributed by atoms with van der Waals surface area (Å²) in [7, 11) is 0. The Morgan fingerprint density at radius 2 is 1.50 bits per heavy atom. The quantitative estimate of drug-likeness (QED) is 0.182. The van der Waals surface area contributed by atoms with Crippen LogP contribution in [-0.4, -0.2) is 24.6 Å². The van der Waals surface area contributed by atoms with Gasteiger partial charge in [0, 0.05) is 49.6 Å². The molecule has 0 saturated carbocycles. The Morgan fingerprint density at radius 3 is 2.27 bits per heavy atom. The van der Waals surface area contributed by atoms with E-state index in [0.717, 1.165) is 66.8 Å². The van der Waals surface area contributed by atoms with Crippen molar-refractivity contribution in [1.29, 1.82) is 0 Å². The summed E-state index contributed by atoms with van der Waals surface area (Å²) in [6, 6.07) is 34.1. The molecule has 0 unspecified atom stereocenters. The van der Waals surface area contributed by atoms with Gasteiger partial charge in [-0.3, -0.25) is 9.97 Å². The van der Waals surface area contributed by atoms with Crippen molar-refractivity contribution in [3.63, 3.8) is 0 Å². The van der Waals surface area contributed by atoms with Gasteiger partial charge in [0.15, 0.2) is 0 Å². The smallest absolute Gasteiger partial charge is 0.123 e. The van der Waals surface area contributed by atoms with E-state index < -0.39 is 0 Å². The minimum absolute atomic E-state index is 0. The number of hydrogen-bond acceptors (Lipinski definition) is 4. The fraction of sp³-hybridized carbons (Fsp3) is 0.132. The van der Waals surface area contributed by atoms with Crippen molar-refractivity contribution in [1.82, 2.24) is 19.5 Å². The number of imidazole rings is 1. The SMILES string of the molecule is Cc1cc(-c2[c-]c(-c3nc4c(-c5ccccc5O)cccc4n3-c3ccc(C(C)(C)C)cc3)cnc2)c2ncccc2c1.[Pt]. The van der Waals surface area contributed by atoms with Crippen LogP contribution in [0.15, 0.2) is 110 Å². The number of aryl methyl sites for hydroxylation is 1. The molecule has 7 rings (SSSR count). The molecule has 5 nitrogen and oxygen atoms in total. The van der Waals surface area contributed by atoms with Crippen LogP contribution in [0.2, 0.25) is 0 Å². The number of phenolic OH excluding ortho intramolecular Hbond substituents is 1.